The van der Waals surface area contributed by atoms with Crippen molar-refractivity contribution in [2.75, 3.05) is 6.54 Å². The molecule has 4 atom stereocenters. The van der Waals surface area contributed by atoms with Crippen molar-refractivity contribution in [3.8, 4) is 0 Å². The number of cyclic esters (lactones) is 1. The lowest BCUT2D eigenvalue weighted by Crippen LogP contribution is -2.19. The smallest absolute Gasteiger partial charge is 0.315 e. The van der Waals surface area contributed by atoms with Gasteiger partial charge in [0.25, 0.3) is 0 Å². The van der Waals surface area contributed by atoms with Crippen LogP contribution in [-0.4, -0.2) is 18.5 Å². The highest BCUT2D eigenvalue weighted by molar-refractivity contribution is 5.79. The van der Waals surface area contributed by atoms with Gasteiger partial charge in [-0.3, -0.25) is 9.59 Å². The normalized spacial score (nSPS) is 34.3. The summed E-state index contributed by atoms with van der Waals surface area (Å²) in [6.45, 7) is 0.647. The molecule has 0 radical (unpaired) electrons. The van der Waals surface area contributed by atoms with Gasteiger partial charge in [0.2, 0.25) is 0 Å². The van der Waals surface area contributed by atoms with Gasteiger partial charge in [0.15, 0.2) is 0 Å². The van der Waals surface area contributed by atoms with E-state index >= 15 is 0 Å². The van der Waals surface area contributed by atoms with Gasteiger partial charge in [-0.1, -0.05) is 18.6 Å². The molecule has 2 bridgehead atoms. The van der Waals surface area contributed by atoms with Gasteiger partial charge in [-0.15, -0.1) is 0 Å². The zero-order valence-electron chi connectivity index (χ0n) is 12.0. The largest absolute Gasteiger partial charge is 0.431 e. The van der Waals surface area contributed by atoms with Crippen LogP contribution in [0.5, 0.6) is 0 Å². The first-order chi connectivity index (χ1) is 10.2. The maximum atomic E-state index is 11.9. The van der Waals surface area contributed by atoms with Gasteiger partial charge in [-0.25, -0.2) is 0 Å². The molecule has 0 aromatic rings. The van der Waals surface area contributed by atoms with Gasteiger partial charge in [-0.05, 0) is 37.6 Å². The Balaban J connectivity index is 1.54. The van der Waals surface area contributed by atoms with Crippen LogP contribution in [0.1, 0.15) is 32.1 Å². The zero-order chi connectivity index (χ0) is 14.8. The maximum absolute atomic E-state index is 11.9. The number of ether oxygens (including phenoxy) is 2. The second-order valence-electron chi connectivity index (χ2n) is 6.03. The standard InChI is InChI=1S/C16H21NO4/c17-7-3-1-2-4-13(18)20-9-12-14-10-5-6-11(8-10)15(14)16(19)21-12/h5-6,9-11,14-15H,1-4,7-8,17H2/b12-9-/t10-,11+,14-,15-/m0/s1. The molecular formula is C16H21NO4. The predicted octanol–water partition coefficient (Wildman–Crippen LogP) is 1.89. The van der Waals surface area contributed by atoms with Crippen LogP contribution >= 0.6 is 0 Å². The molecule has 114 valence electrons. The molecule has 21 heavy (non-hydrogen) atoms. The lowest BCUT2D eigenvalue weighted by atomic mass is 9.84. The van der Waals surface area contributed by atoms with Crippen LogP contribution in [-0.2, 0) is 19.1 Å². The highest BCUT2D eigenvalue weighted by atomic mass is 16.6. The first kappa shape index (κ1) is 14.3. The Kier molecular flexibility index (Phi) is 4.10. The van der Waals surface area contributed by atoms with E-state index in [1.807, 2.05) is 0 Å². The molecular weight excluding hydrogens is 270 g/mol. The third kappa shape index (κ3) is 2.75. The topological polar surface area (TPSA) is 78.6 Å². The molecule has 3 rings (SSSR count). The molecule has 1 aliphatic heterocycles. The summed E-state index contributed by atoms with van der Waals surface area (Å²) < 4.78 is 10.4. The maximum Gasteiger partial charge on any atom is 0.315 e. The molecule has 0 amide bonds. The van der Waals surface area contributed by atoms with E-state index in [1.165, 1.54) is 6.26 Å². The summed E-state index contributed by atoms with van der Waals surface area (Å²) in [6.07, 6.45) is 9.62. The molecule has 0 spiro atoms. The number of esters is 2. The van der Waals surface area contributed by atoms with E-state index in [4.69, 9.17) is 15.2 Å². The number of hydrogen-bond acceptors (Lipinski definition) is 5. The van der Waals surface area contributed by atoms with Gasteiger partial charge >= 0.3 is 11.9 Å². The van der Waals surface area contributed by atoms with E-state index in [0.29, 0.717) is 30.6 Å². The van der Waals surface area contributed by atoms with Crippen molar-refractivity contribution in [3.05, 3.63) is 24.2 Å². The van der Waals surface area contributed by atoms with Gasteiger partial charge in [0.05, 0.1) is 5.92 Å². The average Bonchev–Trinajstić information content (AvgIpc) is 3.15. The van der Waals surface area contributed by atoms with Crippen LogP contribution in [0.3, 0.4) is 0 Å². The molecule has 1 saturated carbocycles. The van der Waals surface area contributed by atoms with E-state index in [-0.39, 0.29) is 23.8 Å². The Morgan fingerprint density at radius 3 is 2.81 bits per heavy atom. The Morgan fingerprint density at radius 1 is 1.29 bits per heavy atom. The van der Waals surface area contributed by atoms with Crippen LogP contribution in [0.2, 0.25) is 0 Å². The Labute approximate surface area is 124 Å². The summed E-state index contributed by atoms with van der Waals surface area (Å²) in [5.41, 5.74) is 5.40. The second-order valence-corrected chi connectivity index (χ2v) is 6.03. The fourth-order valence-corrected chi connectivity index (χ4v) is 3.66. The summed E-state index contributed by atoms with van der Waals surface area (Å²) in [5.74, 6) is 0.704. The molecule has 2 N–H and O–H groups in total. The minimum absolute atomic E-state index is 0.0672. The Bertz CT molecular complexity index is 497. The highest BCUT2D eigenvalue weighted by Crippen LogP contribution is 2.55. The Morgan fingerprint density at radius 2 is 2.05 bits per heavy atom. The summed E-state index contributed by atoms with van der Waals surface area (Å²) >= 11 is 0. The van der Waals surface area contributed by atoms with Gasteiger partial charge in [0, 0.05) is 12.3 Å². The number of allylic oxidation sites excluding steroid dienone is 3. The van der Waals surface area contributed by atoms with E-state index in [9.17, 15) is 9.59 Å². The molecule has 2 aliphatic carbocycles. The van der Waals surface area contributed by atoms with Crippen molar-refractivity contribution in [2.45, 2.75) is 32.1 Å². The summed E-state index contributed by atoms with van der Waals surface area (Å²) in [4.78, 5) is 23.5. The number of carbonyl (C=O) groups is 2. The van der Waals surface area contributed by atoms with Crippen molar-refractivity contribution >= 4 is 11.9 Å². The number of fused-ring (bicyclic) bond motifs is 5. The number of rotatable bonds is 6. The zero-order valence-corrected chi connectivity index (χ0v) is 12.0. The van der Waals surface area contributed by atoms with E-state index in [1.54, 1.807) is 0 Å². The van der Waals surface area contributed by atoms with Crippen molar-refractivity contribution in [2.24, 2.45) is 29.4 Å². The van der Waals surface area contributed by atoms with Gasteiger partial charge in [0.1, 0.15) is 12.0 Å². The van der Waals surface area contributed by atoms with Crippen molar-refractivity contribution < 1.29 is 19.1 Å². The summed E-state index contributed by atoms with van der Waals surface area (Å²) in [6, 6.07) is 0. The van der Waals surface area contributed by atoms with Crippen LogP contribution in [0.25, 0.3) is 0 Å². The van der Waals surface area contributed by atoms with Crippen LogP contribution in [0.4, 0.5) is 0 Å². The minimum atomic E-state index is -0.280. The molecule has 0 aromatic heterocycles. The third-order valence-corrected chi connectivity index (χ3v) is 4.67. The number of unbranched alkanes of at least 4 members (excludes halogenated alkanes) is 2. The first-order valence-electron chi connectivity index (χ1n) is 7.70. The molecule has 1 heterocycles. The molecule has 1 saturated heterocycles. The summed E-state index contributed by atoms with van der Waals surface area (Å²) in [7, 11) is 0. The van der Waals surface area contributed by atoms with Crippen molar-refractivity contribution in [1.82, 2.24) is 0 Å². The lowest BCUT2D eigenvalue weighted by molar-refractivity contribution is -0.142. The molecule has 0 aromatic carbocycles. The van der Waals surface area contributed by atoms with Gasteiger partial charge < -0.3 is 15.2 Å². The average molecular weight is 291 g/mol. The van der Waals surface area contributed by atoms with Crippen molar-refractivity contribution in [3.63, 3.8) is 0 Å². The van der Waals surface area contributed by atoms with Crippen molar-refractivity contribution in [1.29, 1.82) is 0 Å². The fourth-order valence-electron chi connectivity index (χ4n) is 3.66. The number of hydrogen-bond donors (Lipinski definition) is 1. The van der Waals surface area contributed by atoms with Gasteiger partial charge in [-0.2, -0.15) is 0 Å². The molecule has 5 heteroatoms. The van der Waals surface area contributed by atoms with Crippen LogP contribution in [0, 0.1) is 23.7 Å². The second kappa shape index (κ2) is 6.02. The molecule has 0 unspecified atom stereocenters. The third-order valence-electron chi connectivity index (χ3n) is 4.67. The van der Waals surface area contributed by atoms with E-state index in [2.05, 4.69) is 12.2 Å². The van der Waals surface area contributed by atoms with Crippen LogP contribution < -0.4 is 5.73 Å². The quantitative estimate of drug-likeness (QED) is 0.350. The SMILES string of the molecule is NCCCCCC(=O)O/C=C1\OC(=O)[C@@H]2[C@H]1[C@H]1C=C[C@@H]2C1. The number of nitrogens with two attached hydrogens (primary N) is 1. The predicted molar refractivity (Wildman–Crippen MR) is 75.5 cm³/mol. The van der Waals surface area contributed by atoms with E-state index < -0.39 is 0 Å². The van der Waals surface area contributed by atoms with Crippen LogP contribution in [0.15, 0.2) is 24.2 Å². The monoisotopic (exact) mass is 291 g/mol. The fraction of sp³-hybridized carbons (Fsp3) is 0.625. The van der Waals surface area contributed by atoms with E-state index in [0.717, 1.165) is 25.7 Å². The molecule has 5 nitrogen and oxygen atoms in total. The Hall–Kier alpha value is -1.62. The molecule has 2 fully saturated rings. The molecule has 3 aliphatic rings. The number of carbonyl (C=O) groups excluding carboxylic acids is 2. The minimum Gasteiger partial charge on any atom is -0.431 e. The lowest BCUT2D eigenvalue weighted by Gasteiger charge is -2.15. The highest BCUT2D eigenvalue weighted by Gasteiger charge is 2.56. The summed E-state index contributed by atoms with van der Waals surface area (Å²) in [5, 5.41) is 0. The first-order valence-corrected chi connectivity index (χ1v) is 7.70.